The predicted octanol–water partition coefficient (Wildman–Crippen LogP) is 2.97. The van der Waals surface area contributed by atoms with Gasteiger partial charge in [0.05, 0.1) is 19.6 Å². The van der Waals surface area contributed by atoms with Gasteiger partial charge in [0.25, 0.3) is 0 Å². The van der Waals surface area contributed by atoms with E-state index in [1.165, 1.54) is 5.56 Å². The van der Waals surface area contributed by atoms with Crippen LogP contribution in [-0.4, -0.2) is 25.8 Å². The van der Waals surface area contributed by atoms with Gasteiger partial charge in [-0.2, -0.15) is 0 Å². The third kappa shape index (κ3) is 10.9. The molecule has 0 bridgehead atoms. The van der Waals surface area contributed by atoms with E-state index in [2.05, 4.69) is 23.8 Å². The summed E-state index contributed by atoms with van der Waals surface area (Å²) in [6, 6.07) is 10.3. The molecule has 0 heterocycles. The predicted molar refractivity (Wildman–Crippen MR) is 68.9 cm³/mol. The van der Waals surface area contributed by atoms with Crippen LogP contribution >= 0.6 is 0 Å². The molecule has 0 fully saturated rings. The first kappa shape index (κ1) is 15.7. The molecule has 0 atom stereocenters. The van der Waals surface area contributed by atoms with E-state index in [9.17, 15) is 4.79 Å². The molecule has 0 saturated carbocycles. The molecule has 0 N–H and O–H groups in total. The van der Waals surface area contributed by atoms with Crippen molar-refractivity contribution in [3.05, 3.63) is 35.9 Å². The first-order valence-electron chi connectivity index (χ1n) is 5.95. The van der Waals surface area contributed by atoms with Gasteiger partial charge in [-0.3, -0.25) is 4.79 Å². The standard InChI is InChI=1S/C7H14O3.C7H8/c1-3-9-6-5-7(8)10-4-2;1-7-5-3-2-4-6-7/h3-6H2,1-2H3;2-6H,1H3. The minimum absolute atomic E-state index is 0.184. The van der Waals surface area contributed by atoms with Crippen molar-refractivity contribution < 1.29 is 14.3 Å². The van der Waals surface area contributed by atoms with Crippen LogP contribution < -0.4 is 0 Å². The SMILES string of the molecule is CCOCCC(=O)OCC.Cc1ccccc1. The number of rotatable bonds is 5. The summed E-state index contributed by atoms with van der Waals surface area (Å²) in [5.74, 6) is -0.184. The molecule has 96 valence electrons. The number of carbonyl (C=O) groups is 1. The Morgan fingerprint density at radius 2 is 1.76 bits per heavy atom. The molecule has 0 aliphatic rings. The van der Waals surface area contributed by atoms with E-state index >= 15 is 0 Å². The Labute approximate surface area is 104 Å². The van der Waals surface area contributed by atoms with Gasteiger partial charge in [-0.15, -0.1) is 0 Å². The summed E-state index contributed by atoms with van der Waals surface area (Å²) in [7, 11) is 0. The van der Waals surface area contributed by atoms with Gasteiger partial charge in [0, 0.05) is 6.61 Å². The average molecular weight is 238 g/mol. The Hall–Kier alpha value is -1.35. The number of carbonyl (C=O) groups excluding carboxylic acids is 1. The lowest BCUT2D eigenvalue weighted by Gasteiger charge is -2.00. The van der Waals surface area contributed by atoms with Crippen LogP contribution in [0.25, 0.3) is 0 Å². The second-order valence-corrected chi connectivity index (χ2v) is 3.41. The number of ether oxygens (including phenoxy) is 2. The van der Waals surface area contributed by atoms with E-state index in [4.69, 9.17) is 4.74 Å². The first-order chi connectivity index (χ1) is 8.20. The Bertz CT molecular complexity index is 283. The zero-order valence-corrected chi connectivity index (χ0v) is 10.9. The quantitative estimate of drug-likeness (QED) is 0.584. The third-order valence-electron chi connectivity index (χ3n) is 1.90. The van der Waals surface area contributed by atoms with E-state index in [0.717, 1.165) is 0 Å². The number of hydrogen-bond acceptors (Lipinski definition) is 3. The van der Waals surface area contributed by atoms with Gasteiger partial charge in [0.1, 0.15) is 0 Å². The molecule has 0 unspecified atom stereocenters. The second kappa shape index (κ2) is 11.1. The van der Waals surface area contributed by atoms with E-state index in [1.54, 1.807) is 6.92 Å². The van der Waals surface area contributed by atoms with Crippen LogP contribution in [0.2, 0.25) is 0 Å². The minimum Gasteiger partial charge on any atom is -0.466 e. The van der Waals surface area contributed by atoms with Crippen LogP contribution in [0.4, 0.5) is 0 Å². The van der Waals surface area contributed by atoms with Gasteiger partial charge in [-0.1, -0.05) is 35.9 Å². The summed E-state index contributed by atoms with van der Waals surface area (Å²) in [6.45, 7) is 7.34. The van der Waals surface area contributed by atoms with Crippen LogP contribution in [-0.2, 0) is 14.3 Å². The Balaban J connectivity index is 0.000000318. The molecule has 0 aliphatic heterocycles. The number of hydrogen-bond donors (Lipinski definition) is 0. The van der Waals surface area contributed by atoms with E-state index < -0.39 is 0 Å². The molecule has 0 amide bonds. The summed E-state index contributed by atoms with van der Waals surface area (Å²) >= 11 is 0. The smallest absolute Gasteiger partial charge is 0.308 e. The lowest BCUT2D eigenvalue weighted by molar-refractivity contribution is -0.144. The first-order valence-corrected chi connectivity index (χ1v) is 5.95. The molecule has 1 aromatic rings. The molecule has 0 aromatic heterocycles. The Morgan fingerprint density at radius 3 is 2.18 bits per heavy atom. The van der Waals surface area contributed by atoms with E-state index in [0.29, 0.717) is 26.2 Å². The maximum Gasteiger partial charge on any atom is 0.308 e. The number of aryl methyl sites for hydroxylation is 1. The zero-order chi connectivity index (χ0) is 12.9. The zero-order valence-electron chi connectivity index (χ0n) is 10.9. The molecule has 0 saturated heterocycles. The van der Waals surface area contributed by atoms with Crippen molar-refractivity contribution in [2.24, 2.45) is 0 Å². The molecule has 0 spiro atoms. The highest BCUT2D eigenvalue weighted by Crippen LogP contribution is 1.92. The van der Waals surface area contributed by atoms with Gasteiger partial charge in [-0.25, -0.2) is 0 Å². The molecular formula is C14H22O3. The molecule has 1 rings (SSSR count). The van der Waals surface area contributed by atoms with Crippen LogP contribution in [0.1, 0.15) is 25.8 Å². The maximum atomic E-state index is 10.6. The largest absolute Gasteiger partial charge is 0.466 e. The van der Waals surface area contributed by atoms with Gasteiger partial charge in [-0.05, 0) is 20.8 Å². The molecule has 17 heavy (non-hydrogen) atoms. The van der Waals surface area contributed by atoms with Crippen molar-refractivity contribution in [1.29, 1.82) is 0 Å². The maximum absolute atomic E-state index is 10.6. The topological polar surface area (TPSA) is 35.5 Å². The monoisotopic (exact) mass is 238 g/mol. The summed E-state index contributed by atoms with van der Waals surface area (Å²) in [5, 5.41) is 0. The lowest BCUT2D eigenvalue weighted by atomic mass is 10.2. The normalized spacial score (nSPS) is 9.12. The van der Waals surface area contributed by atoms with Gasteiger partial charge < -0.3 is 9.47 Å². The van der Waals surface area contributed by atoms with Gasteiger partial charge >= 0.3 is 5.97 Å². The van der Waals surface area contributed by atoms with Gasteiger partial charge in [0.2, 0.25) is 0 Å². The molecule has 3 heteroatoms. The number of esters is 1. The van der Waals surface area contributed by atoms with E-state index in [1.807, 2.05) is 25.1 Å². The van der Waals surface area contributed by atoms with Crippen molar-refractivity contribution in [2.45, 2.75) is 27.2 Å². The highest BCUT2D eigenvalue weighted by molar-refractivity contribution is 5.69. The van der Waals surface area contributed by atoms with E-state index in [-0.39, 0.29) is 5.97 Å². The van der Waals surface area contributed by atoms with Crippen LogP contribution in [0.3, 0.4) is 0 Å². The molecule has 0 aliphatic carbocycles. The van der Waals surface area contributed by atoms with Crippen molar-refractivity contribution in [3.8, 4) is 0 Å². The fourth-order valence-electron chi connectivity index (χ4n) is 1.07. The lowest BCUT2D eigenvalue weighted by Crippen LogP contribution is -2.07. The Morgan fingerprint density at radius 1 is 1.12 bits per heavy atom. The van der Waals surface area contributed by atoms with Crippen LogP contribution in [0.5, 0.6) is 0 Å². The molecule has 3 nitrogen and oxygen atoms in total. The fraction of sp³-hybridized carbons (Fsp3) is 0.500. The molecular weight excluding hydrogens is 216 g/mol. The summed E-state index contributed by atoms with van der Waals surface area (Å²) < 4.78 is 9.62. The van der Waals surface area contributed by atoms with Crippen molar-refractivity contribution in [3.63, 3.8) is 0 Å². The summed E-state index contributed by atoms with van der Waals surface area (Å²) in [4.78, 5) is 10.6. The average Bonchev–Trinajstić information content (AvgIpc) is 2.31. The third-order valence-corrected chi connectivity index (χ3v) is 1.90. The van der Waals surface area contributed by atoms with Crippen molar-refractivity contribution in [2.75, 3.05) is 19.8 Å². The van der Waals surface area contributed by atoms with Crippen LogP contribution in [0.15, 0.2) is 30.3 Å². The Kier molecular flexibility index (Phi) is 10.3. The second-order valence-electron chi connectivity index (χ2n) is 3.41. The molecule has 0 radical (unpaired) electrons. The van der Waals surface area contributed by atoms with Crippen LogP contribution in [0, 0.1) is 6.92 Å². The fourth-order valence-corrected chi connectivity index (χ4v) is 1.07. The number of benzene rings is 1. The van der Waals surface area contributed by atoms with Crippen molar-refractivity contribution >= 4 is 5.97 Å². The minimum atomic E-state index is -0.184. The highest BCUT2D eigenvalue weighted by atomic mass is 16.5. The highest BCUT2D eigenvalue weighted by Gasteiger charge is 1.98. The molecule has 1 aromatic carbocycles. The van der Waals surface area contributed by atoms with Crippen molar-refractivity contribution in [1.82, 2.24) is 0 Å². The van der Waals surface area contributed by atoms with Gasteiger partial charge in [0.15, 0.2) is 0 Å². The summed E-state index contributed by atoms with van der Waals surface area (Å²) in [5.41, 5.74) is 1.32. The summed E-state index contributed by atoms with van der Waals surface area (Å²) in [6.07, 6.45) is 0.363.